The van der Waals surface area contributed by atoms with Crippen molar-refractivity contribution in [3.63, 3.8) is 0 Å². The van der Waals surface area contributed by atoms with Gasteiger partial charge in [0.1, 0.15) is 6.04 Å². The summed E-state index contributed by atoms with van der Waals surface area (Å²) in [7, 11) is 0. The largest absolute Gasteiger partial charge is 0.454 e. The molecule has 1 saturated heterocycles. The highest BCUT2D eigenvalue weighted by atomic mass is 16.7. The molecule has 2 aliphatic heterocycles. The van der Waals surface area contributed by atoms with Gasteiger partial charge < -0.3 is 14.5 Å². The number of aromatic amines is 1. The first-order chi connectivity index (χ1) is 21.1. The summed E-state index contributed by atoms with van der Waals surface area (Å²) in [6.07, 6.45) is 1.72. The van der Waals surface area contributed by atoms with Crippen molar-refractivity contribution in [3.05, 3.63) is 111 Å². The Morgan fingerprint density at radius 2 is 1.70 bits per heavy atom. The first kappa shape index (κ1) is 27.3. The lowest BCUT2D eigenvalue weighted by Crippen LogP contribution is -2.48. The second kappa shape index (κ2) is 12.0. The first-order valence-electron chi connectivity index (χ1n) is 15.0. The van der Waals surface area contributed by atoms with Crippen molar-refractivity contribution in [3.8, 4) is 11.5 Å². The third-order valence-electron chi connectivity index (χ3n) is 8.51. The minimum atomic E-state index is -0.378. The van der Waals surface area contributed by atoms with Crippen LogP contribution in [0.25, 0.3) is 10.9 Å². The monoisotopic (exact) mass is 577 g/mol. The third-order valence-corrected chi connectivity index (χ3v) is 8.51. The van der Waals surface area contributed by atoms with Crippen LogP contribution in [0.15, 0.2) is 77.6 Å². The average Bonchev–Trinajstić information content (AvgIpc) is 3.71. The Bertz CT molecular complexity index is 1780. The lowest BCUT2D eigenvalue weighted by molar-refractivity contribution is 0.0996. The number of piperazine rings is 1. The molecule has 0 bridgehead atoms. The molecule has 7 rings (SSSR count). The molecule has 0 spiro atoms. The number of nitrogens with one attached hydrogen (secondary N) is 1. The number of fused-ring (bicyclic) bond motifs is 2. The standard InChI is InChI=1S/C33H35N7O3/c1-2-23-8-10-28-26(18-23)20-27(33(41)34-28)31(32-35-36-37-40(32)13-12-24-6-4-3-5-7-24)39-16-14-38(15-17-39)21-25-9-11-29-30(19-25)43-22-42-29/h3-11,18-20,31H,2,12-17,21-22H2,1H3,(H,34,41)/t31-/m0/s1. The molecule has 0 aliphatic carbocycles. The zero-order chi connectivity index (χ0) is 29.2. The molecule has 1 N–H and O–H groups in total. The number of aryl methyl sites for hydroxylation is 3. The van der Waals surface area contributed by atoms with E-state index in [1.807, 2.05) is 41.1 Å². The summed E-state index contributed by atoms with van der Waals surface area (Å²) in [5.74, 6) is 2.30. The van der Waals surface area contributed by atoms with Crippen molar-refractivity contribution in [1.29, 1.82) is 0 Å². The van der Waals surface area contributed by atoms with E-state index in [2.05, 4.69) is 73.6 Å². The van der Waals surface area contributed by atoms with Crippen LogP contribution in [-0.4, -0.2) is 68.0 Å². The number of H-pyrrole nitrogens is 1. The van der Waals surface area contributed by atoms with E-state index in [1.165, 1.54) is 16.7 Å². The highest BCUT2D eigenvalue weighted by Crippen LogP contribution is 2.33. The zero-order valence-corrected chi connectivity index (χ0v) is 24.3. The van der Waals surface area contributed by atoms with E-state index in [0.29, 0.717) is 17.9 Å². The van der Waals surface area contributed by atoms with Crippen molar-refractivity contribution in [2.24, 2.45) is 0 Å². The quantitative estimate of drug-likeness (QED) is 0.281. The lowest BCUT2D eigenvalue weighted by atomic mass is 10.0. The van der Waals surface area contributed by atoms with E-state index in [0.717, 1.165) is 68.0 Å². The molecule has 0 unspecified atom stereocenters. The average molecular weight is 578 g/mol. The van der Waals surface area contributed by atoms with Gasteiger partial charge in [0, 0.05) is 50.3 Å². The summed E-state index contributed by atoms with van der Waals surface area (Å²) in [6.45, 7) is 7.10. The molecule has 10 nitrogen and oxygen atoms in total. The molecule has 220 valence electrons. The van der Waals surface area contributed by atoms with Crippen LogP contribution in [0.5, 0.6) is 11.5 Å². The van der Waals surface area contributed by atoms with Gasteiger partial charge in [0.15, 0.2) is 17.3 Å². The molecule has 1 fully saturated rings. The van der Waals surface area contributed by atoms with Gasteiger partial charge in [0.2, 0.25) is 6.79 Å². The van der Waals surface area contributed by atoms with Crippen LogP contribution < -0.4 is 15.0 Å². The number of ether oxygens (including phenoxy) is 2. The van der Waals surface area contributed by atoms with Gasteiger partial charge in [0.25, 0.3) is 5.56 Å². The van der Waals surface area contributed by atoms with Gasteiger partial charge in [0.05, 0.1) is 0 Å². The maximum Gasteiger partial charge on any atom is 0.253 e. The summed E-state index contributed by atoms with van der Waals surface area (Å²) in [4.78, 5) is 21.6. The van der Waals surface area contributed by atoms with Crippen LogP contribution in [0, 0.1) is 0 Å². The van der Waals surface area contributed by atoms with E-state index >= 15 is 0 Å². The predicted molar refractivity (Wildman–Crippen MR) is 163 cm³/mol. The van der Waals surface area contributed by atoms with Crippen LogP contribution in [0.2, 0.25) is 0 Å². The molecular weight excluding hydrogens is 542 g/mol. The minimum absolute atomic E-state index is 0.109. The van der Waals surface area contributed by atoms with Crippen LogP contribution in [0.1, 0.15) is 41.0 Å². The number of rotatable bonds is 9. The Hall–Kier alpha value is -4.54. The van der Waals surface area contributed by atoms with Crippen molar-refractivity contribution >= 4 is 10.9 Å². The number of benzene rings is 3. The fraction of sp³-hybridized carbons (Fsp3) is 0.333. The summed E-state index contributed by atoms with van der Waals surface area (Å²) in [5.41, 5.74) is 5.03. The van der Waals surface area contributed by atoms with E-state index in [1.54, 1.807) is 0 Å². The molecule has 10 heteroatoms. The lowest BCUT2D eigenvalue weighted by Gasteiger charge is -2.38. The van der Waals surface area contributed by atoms with Crippen molar-refractivity contribution in [2.75, 3.05) is 33.0 Å². The molecule has 2 aromatic heterocycles. The Morgan fingerprint density at radius 1 is 0.884 bits per heavy atom. The molecule has 43 heavy (non-hydrogen) atoms. The molecule has 0 saturated carbocycles. The Balaban J connectivity index is 1.18. The second-order valence-electron chi connectivity index (χ2n) is 11.2. The number of nitrogens with zero attached hydrogens (tertiary/aromatic N) is 6. The van der Waals surface area contributed by atoms with E-state index in [-0.39, 0.29) is 18.4 Å². The van der Waals surface area contributed by atoms with Crippen molar-refractivity contribution in [2.45, 2.75) is 38.9 Å². The predicted octanol–water partition coefficient (Wildman–Crippen LogP) is 3.96. The molecule has 5 aromatic rings. The maximum atomic E-state index is 13.7. The molecule has 3 aromatic carbocycles. The van der Waals surface area contributed by atoms with Gasteiger partial charge in [-0.3, -0.25) is 14.6 Å². The fourth-order valence-electron chi connectivity index (χ4n) is 6.12. The fourth-order valence-corrected chi connectivity index (χ4v) is 6.12. The normalized spacial score (nSPS) is 16.1. The number of aromatic nitrogens is 5. The zero-order valence-electron chi connectivity index (χ0n) is 24.3. The summed E-state index contributed by atoms with van der Waals surface area (Å²) < 4.78 is 12.9. The SMILES string of the molecule is CCc1ccc2[nH]c(=O)c([C@@H](c3nnnn3CCc3ccccc3)N3CCN(Cc4ccc5c(c4)OCO5)CC3)cc2c1. The van der Waals surface area contributed by atoms with Crippen molar-refractivity contribution in [1.82, 2.24) is 35.0 Å². The smallest absolute Gasteiger partial charge is 0.253 e. The molecular formula is C33H35N7O3. The van der Waals surface area contributed by atoms with E-state index < -0.39 is 0 Å². The Labute approximate surface area is 249 Å². The summed E-state index contributed by atoms with van der Waals surface area (Å²) in [5, 5.41) is 14.0. The van der Waals surface area contributed by atoms with Crippen LogP contribution in [0.3, 0.4) is 0 Å². The number of hydrogen-bond acceptors (Lipinski definition) is 8. The van der Waals surface area contributed by atoms with Gasteiger partial charge in [-0.15, -0.1) is 5.10 Å². The van der Waals surface area contributed by atoms with E-state index in [9.17, 15) is 4.79 Å². The van der Waals surface area contributed by atoms with Gasteiger partial charge in [-0.05, 0) is 75.7 Å². The molecule has 0 radical (unpaired) electrons. The molecule has 2 aliphatic rings. The topological polar surface area (TPSA) is 101 Å². The Kier molecular flexibility index (Phi) is 7.61. The number of pyridine rings is 1. The second-order valence-corrected chi connectivity index (χ2v) is 11.2. The van der Waals surface area contributed by atoms with Gasteiger partial charge in [-0.25, -0.2) is 4.68 Å². The number of tetrazole rings is 1. The first-order valence-corrected chi connectivity index (χ1v) is 15.0. The summed E-state index contributed by atoms with van der Waals surface area (Å²) >= 11 is 0. The van der Waals surface area contributed by atoms with E-state index in [4.69, 9.17) is 9.47 Å². The molecule has 4 heterocycles. The van der Waals surface area contributed by atoms with Crippen LogP contribution in [0.4, 0.5) is 0 Å². The highest BCUT2D eigenvalue weighted by Gasteiger charge is 2.33. The molecule has 0 amide bonds. The van der Waals surface area contributed by atoms with Gasteiger partial charge >= 0.3 is 0 Å². The van der Waals surface area contributed by atoms with Crippen molar-refractivity contribution < 1.29 is 9.47 Å². The van der Waals surface area contributed by atoms with Crippen LogP contribution >= 0.6 is 0 Å². The molecule has 1 atom stereocenters. The van der Waals surface area contributed by atoms with Crippen LogP contribution in [-0.2, 0) is 25.9 Å². The van der Waals surface area contributed by atoms with Gasteiger partial charge in [-0.2, -0.15) is 0 Å². The Morgan fingerprint density at radius 3 is 2.53 bits per heavy atom. The van der Waals surface area contributed by atoms with Gasteiger partial charge in [-0.1, -0.05) is 49.4 Å². The number of hydrogen-bond donors (Lipinski definition) is 1. The summed E-state index contributed by atoms with van der Waals surface area (Å²) in [6, 6.07) is 24.4. The highest BCUT2D eigenvalue weighted by molar-refractivity contribution is 5.80. The maximum absolute atomic E-state index is 13.7. The minimum Gasteiger partial charge on any atom is -0.454 e. The third kappa shape index (κ3) is 5.76.